The molecule has 0 saturated carbocycles. The molecule has 0 aromatic heterocycles. The second-order valence-corrected chi connectivity index (χ2v) is 4.12. The summed E-state index contributed by atoms with van der Waals surface area (Å²) in [6, 6.07) is 4.81. The molecule has 0 bridgehead atoms. The highest BCUT2D eigenvalue weighted by Crippen LogP contribution is 2.16. The van der Waals surface area contributed by atoms with E-state index in [2.05, 4.69) is 10.1 Å². The lowest BCUT2D eigenvalue weighted by molar-refractivity contribution is -0.149. The fourth-order valence-corrected chi connectivity index (χ4v) is 1.41. The van der Waals surface area contributed by atoms with Crippen LogP contribution in [0, 0.1) is 6.92 Å². The van der Waals surface area contributed by atoms with E-state index in [1.165, 1.54) is 0 Å². The van der Waals surface area contributed by atoms with E-state index in [0.29, 0.717) is 10.6 Å². The maximum absolute atomic E-state index is 11.7. The molecule has 0 aliphatic rings. The van der Waals surface area contributed by atoms with E-state index in [0.717, 1.165) is 12.7 Å². The topological polar surface area (TPSA) is 75.6 Å². The van der Waals surface area contributed by atoms with Crippen LogP contribution in [-0.2, 0) is 9.53 Å². The highest BCUT2D eigenvalue weighted by Gasteiger charge is 2.16. The average Bonchev–Trinajstić information content (AvgIpc) is 2.37. The van der Waals surface area contributed by atoms with Gasteiger partial charge in [-0.25, -0.2) is 4.79 Å². The summed E-state index contributed by atoms with van der Waals surface area (Å²) in [7, 11) is 1.16. The van der Waals surface area contributed by atoms with E-state index in [4.69, 9.17) is 11.6 Å². The van der Waals surface area contributed by atoms with Crippen molar-refractivity contribution in [2.24, 2.45) is 0 Å². The van der Waals surface area contributed by atoms with Gasteiger partial charge in [0.15, 0.2) is 6.10 Å². The molecule has 0 radical (unpaired) electrons. The number of halogens is 1. The lowest BCUT2D eigenvalue weighted by atomic mass is 10.1. The van der Waals surface area contributed by atoms with E-state index in [1.54, 1.807) is 25.1 Å². The maximum Gasteiger partial charge on any atom is 0.336 e. The Kier molecular flexibility index (Phi) is 5.12. The number of amides is 1. The Bertz CT molecular complexity index is 461. The van der Waals surface area contributed by atoms with Crippen LogP contribution in [0.2, 0.25) is 5.02 Å². The van der Waals surface area contributed by atoms with Crippen LogP contribution in [-0.4, -0.2) is 36.7 Å². The Morgan fingerprint density at radius 2 is 2.17 bits per heavy atom. The summed E-state index contributed by atoms with van der Waals surface area (Å²) in [6.07, 6.45) is -1.37. The third kappa shape index (κ3) is 3.72. The molecule has 0 aliphatic carbocycles. The Morgan fingerprint density at radius 3 is 2.72 bits per heavy atom. The SMILES string of the molecule is COC(=O)C(O)CNC(=O)c1ccc(Cl)c(C)c1. The Labute approximate surface area is 110 Å². The lowest BCUT2D eigenvalue weighted by Gasteiger charge is -2.10. The number of aliphatic hydroxyl groups excluding tert-OH is 1. The van der Waals surface area contributed by atoms with Crippen molar-refractivity contribution in [1.29, 1.82) is 0 Å². The number of aliphatic hydroxyl groups is 1. The predicted octanol–water partition coefficient (Wildman–Crippen LogP) is 0.912. The summed E-state index contributed by atoms with van der Waals surface area (Å²) >= 11 is 5.84. The summed E-state index contributed by atoms with van der Waals surface area (Å²) in [5.41, 5.74) is 1.19. The number of nitrogens with one attached hydrogen (secondary N) is 1. The number of esters is 1. The molecule has 0 fully saturated rings. The number of rotatable bonds is 4. The third-order valence-corrected chi connectivity index (χ3v) is 2.77. The van der Waals surface area contributed by atoms with Crippen LogP contribution < -0.4 is 5.32 Å². The molecule has 2 N–H and O–H groups in total. The van der Waals surface area contributed by atoms with Gasteiger partial charge in [-0.1, -0.05) is 11.6 Å². The Hall–Kier alpha value is -1.59. The van der Waals surface area contributed by atoms with Gasteiger partial charge in [0.2, 0.25) is 0 Å². The van der Waals surface area contributed by atoms with Crippen LogP contribution in [0.25, 0.3) is 0 Å². The first kappa shape index (κ1) is 14.5. The first-order valence-electron chi connectivity index (χ1n) is 5.26. The number of benzene rings is 1. The first-order chi connectivity index (χ1) is 8.45. The fourth-order valence-electron chi connectivity index (χ4n) is 1.30. The zero-order valence-corrected chi connectivity index (χ0v) is 10.8. The number of carbonyl (C=O) groups is 2. The molecule has 5 nitrogen and oxygen atoms in total. The lowest BCUT2D eigenvalue weighted by Crippen LogP contribution is -2.37. The quantitative estimate of drug-likeness (QED) is 0.798. The summed E-state index contributed by atoms with van der Waals surface area (Å²) in [5.74, 6) is -1.18. The standard InChI is InChI=1S/C12H14ClNO4/c1-7-5-8(3-4-9(7)13)11(16)14-6-10(15)12(17)18-2/h3-5,10,15H,6H2,1-2H3,(H,14,16). The van der Waals surface area contributed by atoms with Crippen LogP contribution in [0.1, 0.15) is 15.9 Å². The third-order valence-electron chi connectivity index (χ3n) is 2.35. The van der Waals surface area contributed by atoms with E-state index >= 15 is 0 Å². The molecule has 1 amide bonds. The van der Waals surface area contributed by atoms with Crippen molar-refractivity contribution < 1.29 is 19.4 Å². The highest BCUT2D eigenvalue weighted by atomic mass is 35.5. The van der Waals surface area contributed by atoms with Gasteiger partial charge < -0.3 is 15.2 Å². The summed E-state index contributed by atoms with van der Waals surface area (Å²) in [4.78, 5) is 22.6. The Balaban J connectivity index is 2.60. The molecule has 0 saturated heterocycles. The second-order valence-electron chi connectivity index (χ2n) is 3.71. The molecule has 0 aliphatic heterocycles. The number of aryl methyl sites for hydroxylation is 1. The van der Waals surface area contributed by atoms with Crippen molar-refractivity contribution in [3.05, 3.63) is 34.3 Å². The smallest absolute Gasteiger partial charge is 0.336 e. The number of carbonyl (C=O) groups excluding carboxylic acids is 2. The van der Waals surface area contributed by atoms with Gasteiger partial charge in [-0.05, 0) is 30.7 Å². The fraction of sp³-hybridized carbons (Fsp3) is 0.333. The molecule has 1 aromatic rings. The van der Waals surface area contributed by atoms with Gasteiger partial charge in [0.05, 0.1) is 13.7 Å². The normalized spacial score (nSPS) is 11.8. The number of hydrogen-bond acceptors (Lipinski definition) is 4. The van der Waals surface area contributed by atoms with E-state index in [1.807, 2.05) is 0 Å². The van der Waals surface area contributed by atoms with Gasteiger partial charge in [0, 0.05) is 10.6 Å². The van der Waals surface area contributed by atoms with Gasteiger partial charge >= 0.3 is 5.97 Å². The molecule has 1 aromatic carbocycles. The molecule has 0 heterocycles. The van der Waals surface area contributed by atoms with Gasteiger partial charge in [-0.3, -0.25) is 4.79 Å². The van der Waals surface area contributed by atoms with Crippen molar-refractivity contribution >= 4 is 23.5 Å². The van der Waals surface area contributed by atoms with Crippen LogP contribution in [0.5, 0.6) is 0 Å². The van der Waals surface area contributed by atoms with Crippen molar-refractivity contribution in [3.8, 4) is 0 Å². The van der Waals surface area contributed by atoms with Crippen LogP contribution >= 0.6 is 11.6 Å². The average molecular weight is 272 g/mol. The highest BCUT2D eigenvalue weighted by molar-refractivity contribution is 6.31. The van der Waals surface area contributed by atoms with Crippen molar-refractivity contribution in [2.75, 3.05) is 13.7 Å². The molecule has 1 rings (SSSR count). The zero-order chi connectivity index (χ0) is 13.7. The van der Waals surface area contributed by atoms with Crippen LogP contribution in [0.15, 0.2) is 18.2 Å². The molecule has 1 atom stereocenters. The molecular weight excluding hydrogens is 258 g/mol. The number of ether oxygens (including phenoxy) is 1. The van der Waals surface area contributed by atoms with E-state index < -0.39 is 18.0 Å². The second kappa shape index (κ2) is 6.37. The van der Waals surface area contributed by atoms with Crippen molar-refractivity contribution in [2.45, 2.75) is 13.0 Å². The molecule has 6 heteroatoms. The summed E-state index contributed by atoms with van der Waals surface area (Å²) in [5, 5.41) is 12.3. The van der Waals surface area contributed by atoms with Gasteiger partial charge in [-0.15, -0.1) is 0 Å². The minimum absolute atomic E-state index is 0.201. The minimum Gasteiger partial charge on any atom is -0.467 e. The number of hydrogen-bond donors (Lipinski definition) is 2. The Morgan fingerprint density at radius 1 is 1.50 bits per heavy atom. The van der Waals surface area contributed by atoms with Crippen molar-refractivity contribution in [1.82, 2.24) is 5.32 Å². The molecule has 0 spiro atoms. The van der Waals surface area contributed by atoms with E-state index in [-0.39, 0.29) is 6.54 Å². The van der Waals surface area contributed by atoms with Crippen LogP contribution in [0.4, 0.5) is 0 Å². The van der Waals surface area contributed by atoms with E-state index in [9.17, 15) is 14.7 Å². The molecular formula is C12H14ClNO4. The predicted molar refractivity (Wildman–Crippen MR) is 66.5 cm³/mol. The van der Waals surface area contributed by atoms with Crippen molar-refractivity contribution in [3.63, 3.8) is 0 Å². The van der Waals surface area contributed by atoms with Gasteiger partial charge in [0.1, 0.15) is 0 Å². The molecule has 1 unspecified atom stereocenters. The minimum atomic E-state index is -1.37. The summed E-state index contributed by atoms with van der Waals surface area (Å²) < 4.78 is 4.33. The van der Waals surface area contributed by atoms with Crippen LogP contribution in [0.3, 0.4) is 0 Å². The maximum atomic E-state index is 11.7. The summed E-state index contributed by atoms with van der Waals surface area (Å²) in [6.45, 7) is 1.58. The van der Waals surface area contributed by atoms with Gasteiger partial charge in [-0.2, -0.15) is 0 Å². The zero-order valence-electron chi connectivity index (χ0n) is 10.1. The first-order valence-corrected chi connectivity index (χ1v) is 5.63. The number of methoxy groups -OCH3 is 1. The monoisotopic (exact) mass is 271 g/mol. The largest absolute Gasteiger partial charge is 0.467 e. The van der Waals surface area contributed by atoms with Gasteiger partial charge in [0.25, 0.3) is 5.91 Å². The molecule has 98 valence electrons. The molecule has 18 heavy (non-hydrogen) atoms.